The predicted octanol–water partition coefficient (Wildman–Crippen LogP) is 0.00250. The van der Waals surface area contributed by atoms with Crippen molar-refractivity contribution in [2.45, 2.75) is 38.2 Å². The zero-order chi connectivity index (χ0) is 10.6. The van der Waals surface area contributed by atoms with Crippen molar-refractivity contribution in [1.29, 1.82) is 0 Å². The fraction of sp³-hybridized carbons (Fsp3) is 0.900. The molecule has 0 aromatic rings. The number of nitrogens with one attached hydrogen (secondary N) is 1. The number of carbonyl (C=O) groups excluding carboxylic acids is 1. The lowest BCUT2D eigenvalue weighted by atomic mass is 9.80. The van der Waals surface area contributed by atoms with Gasteiger partial charge in [0.15, 0.2) is 0 Å². The first-order valence-corrected chi connectivity index (χ1v) is 5.25. The molecule has 1 amide bonds. The van der Waals surface area contributed by atoms with Crippen molar-refractivity contribution in [2.75, 3.05) is 13.1 Å². The highest BCUT2D eigenvalue weighted by Crippen LogP contribution is 2.30. The van der Waals surface area contributed by atoms with Crippen molar-refractivity contribution in [3.05, 3.63) is 0 Å². The van der Waals surface area contributed by atoms with Gasteiger partial charge in [0.1, 0.15) is 0 Å². The molecule has 1 fully saturated rings. The molecule has 1 saturated carbocycles. The van der Waals surface area contributed by atoms with Gasteiger partial charge < -0.3 is 16.2 Å². The monoisotopic (exact) mass is 200 g/mol. The summed E-state index contributed by atoms with van der Waals surface area (Å²) in [5.74, 6) is 0.203. The quantitative estimate of drug-likeness (QED) is 0.585. The summed E-state index contributed by atoms with van der Waals surface area (Å²) in [5.41, 5.74) is 4.79. The van der Waals surface area contributed by atoms with E-state index in [1.807, 2.05) is 6.92 Å². The van der Waals surface area contributed by atoms with Gasteiger partial charge in [-0.2, -0.15) is 0 Å². The third-order valence-corrected chi connectivity index (χ3v) is 2.84. The number of carbonyl (C=O) groups is 1. The standard InChI is InChI=1S/C10H20N2O2/c1-8(6-11)5-9(13)12-7-10(14)3-2-4-10/h8,14H,2-7,11H2,1H3,(H,12,13). The van der Waals surface area contributed by atoms with Crippen molar-refractivity contribution in [3.8, 4) is 0 Å². The van der Waals surface area contributed by atoms with Gasteiger partial charge in [0, 0.05) is 13.0 Å². The van der Waals surface area contributed by atoms with Crippen LogP contribution < -0.4 is 11.1 Å². The number of hydrogen-bond donors (Lipinski definition) is 3. The molecule has 1 aliphatic carbocycles. The van der Waals surface area contributed by atoms with E-state index in [9.17, 15) is 9.90 Å². The van der Waals surface area contributed by atoms with Crippen LogP contribution in [0.4, 0.5) is 0 Å². The fourth-order valence-electron chi connectivity index (χ4n) is 1.50. The third kappa shape index (κ3) is 3.27. The maximum absolute atomic E-state index is 11.3. The van der Waals surface area contributed by atoms with Crippen LogP contribution in [0, 0.1) is 5.92 Å². The zero-order valence-electron chi connectivity index (χ0n) is 8.75. The Balaban J connectivity index is 2.14. The SMILES string of the molecule is CC(CN)CC(=O)NCC1(O)CCC1. The van der Waals surface area contributed by atoms with Crippen molar-refractivity contribution in [3.63, 3.8) is 0 Å². The van der Waals surface area contributed by atoms with Crippen molar-refractivity contribution >= 4 is 5.91 Å². The van der Waals surface area contributed by atoms with Crippen LogP contribution in [0.15, 0.2) is 0 Å². The lowest BCUT2D eigenvalue weighted by Gasteiger charge is -2.36. The molecule has 0 spiro atoms. The average molecular weight is 200 g/mol. The molecule has 0 heterocycles. The van der Waals surface area contributed by atoms with E-state index in [2.05, 4.69) is 5.32 Å². The lowest BCUT2D eigenvalue weighted by Crippen LogP contribution is -2.48. The van der Waals surface area contributed by atoms with E-state index in [0.717, 1.165) is 19.3 Å². The number of aliphatic hydroxyl groups is 1. The Morgan fingerprint density at radius 2 is 2.29 bits per heavy atom. The molecule has 82 valence electrons. The predicted molar refractivity (Wildman–Crippen MR) is 54.6 cm³/mol. The Morgan fingerprint density at radius 3 is 2.71 bits per heavy atom. The highest BCUT2D eigenvalue weighted by atomic mass is 16.3. The maximum atomic E-state index is 11.3. The van der Waals surface area contributed by atoms with Gasteiger partial charge in [-0.3, -0.25) is 4.79 Å². The highest BCUT2D eigenvalue weighted by Gasteiger charge is 2.34. The van der Waals surface area contributed by atoms with Crippen LogP contribution in [0.5, 0.6) is 0 Å². The summed E-state index contributed by atoms with van der Waals surface area (Å²) in [5, 5.41) is 12.5. The van der Waals surface area contributed by atoms with Crippen LogP contribution in [0.2, 0.25) is 0 Å². The molecule has 4 nitrogen and oxygen atoms in total. The molecule has 0 saturated heterocycles. The molecular formula is C10H20N2O2. The van der Waals surface area contributed by atoms with E-state index in [-0.39, 0.29) is 11.8 Å². The third-order valence-electron chi connectivity index (χ3n) is 2.84. The minimum absolute atomic E-state index is 0.0109. The second-order valence-corrected chi connectivity index (χ2v) is 4.40. The van der Waals surface area contributed by atoms with E-state index in [1.165, 1.54) is 0 Å². The summed E-state index contributed by atoms with van der Waals surface area (Å²) in [4.78, 5) is 11.3. The van der Waals surface area contributed by atoms with Crippen LogP contribution in [-0.4, -0.2) is 29.7 Å². The Bertz CT molecular complexity index is 202. The van der Waals surface area contributed by atoms with Gasteiger partial charge in [-0.1, -0.05) is 6.92 Å². The molecule has 0 aromatic heterocycles. The van der Waals surface area contributed by atoms with Crippen LogP contribution >= 0.6 is 0 Å². The maximum Gasteiger partial charge on any atom is 0.220 e. The van der Waals surface area contributed by atoms with Crippen molar-refractivity contribution in [2.24, 2.45) is 11.7 Å². The second kappa shape index (κ2) is 4.75. The van der Waals surface area contributed by atoms with Gasteiger partial charge in [-0.15, -0.1) is 0 Å². The van der Waals surface area contributed by atoms with Gasteiger partial charge in [0.25, 0.3) is 0 Å². The summed E-state index contributed by atoms with van der Waals surface area (Å²) in [7, 11) is 0. The molecule has 0 bridgehead atoms. The molecule has 14 heavy (non-hydrogen) atoms. The largest absolute Gasteiger partial charge is 0.388 e. The van der Waals surface area contributed by atoms with E-state index in [4.69, 9.17) is 5.73 Å². The topological polar surface area (TPSA) is 75.4 Å². The van der Waals surface area contributed by atoms with Crippen LogP contribution in [-0.2, 0) is 4.79 Å². The van der Waals surface area contributed by atoms with E-state index < -0.39 is 5.60 Å². The average Bonchev–Trinajstić information content (AvgIpc) is 2.11. The van der Waals surface area contributed by atoms with Gasteiger partial charge >= 0.3 is 0 Å². The Hall–Kier alpha value is -0.610. The minimum atomic E-state index is -0.623. The molecule has 1 rings (SSSR count). The molecule has 1 atom stereocenters. The van der Waals surface area contributed by atoms with Crippen LogP contribution in [0.1, 0.15) is 32.6 Å². The van der Waals surface area contributed by atoms with Crippen LogP contribution in [0.25, 0.3) is 0 Å². The summed E-state index contributed by atoms with van der Waals surface area (Å²) >= 11 is 0. The molecule has 4 N–H and O–H groups in total. The summed E-state index contributed by atoms with van der Waals surface area (Å²) in [6.45, 7) is 2.86. The molecule has 0 aliphatic heterocycles. The van der Waals surface area contributed by atoms with Gasteiger partial charge in [0.05, 0.1) is 5.60 Å². The lowest BCUT2D eigenvalue weighted by molar-refractivity contribution is -0.124. The molecule has 0 aromatic carbocycles. The Labute approximate surface area is 84.9 Å². The van der Waals surface area contributed by atoms with Gasteiger partial charge in [-0.05, 0) is 31.7 Å². The summed E-state index contributed by atoms with van der Waals surface area (Å²) < 4.78 is 0. The Morgan fingerprint density at radius 1 is 1.64 bits per heavy atom. The normalized spacial score (nSPS) is 21.1. The van der Waals surface area contributed by atoms with Crippen LogP contribution in [0.3, 0.4) is 0 Å². The Kier molecular flexibility index (Phi) is 3.89. The van der Waals surface area contributed by atoms with E-state index in [1.54, 1.807) is 0 Å². The first-order chi connectivity index (χ1) is 6.56. The molecule has 0 radical (unpaired) electrons. The minimum Gasteiger partial charge on any atom is -0.388 e. The number of hydrogen-bond acceptors (Lipinski definition) is 3. The summed E-state index contributed by atoms with van der Waals surface area (Å²) in [6.07, 6.45) is 3.12. The first-order valence-electron chi connectivity index (χ1n) is 5.25. The first kappa shape index (κ1) is 11.5. The van der Waals surface area contributed by atoms with Gasteiger partial charge in [0.2, 0.25) is 5.91 Å². The number of nitrogens with two attached hydrogens (primary N) is 1. The van der Waals surface area contributed by atoms with Crippen molar-refractivity contribution < 1.29 is 9.90 Å². The molecule has 4 heteroatoms. The van der Waals surface area contributed by atoms with Crippen molar-refractivity contribution in [1.82, 2.24) is 5.32 Å². The number of amides is 1. The molecule has 1 unspecified atom stereocenters. The second-order valence-electron chi connectivity index (χ2n) is 4.40. The molecular weight excluding hydrogens is 180 g/mol. The fourth-order valence-corrected chi connectivity index (χ4v) is 1.50. The zero-order valence-corrected chi connectivity index (χ0v) is 8.75. The molecule has 1 aliphatic rings. The smallest absolute Gasteiger partial charge is 0.220 e. The summed E-state index contributed by atoms with van der Waals surface area (Å²) in [6, 6.07) is 0. The van der Waals surface area contributed by atoms with E-state index >= 15 is 0 Å². The van der Waals surface area contributed by atoms with Gasteiger partial charge in [-0.25, -0.2) is 0 Å². The number of rotatable bonds is 5. The highest BCUT2D eigenvalue weighted by molar-refractivity contribution is 5.76. The van der Waals surface area contributed by atoms with E-state index in [0.29, 0.717) is 19.5 Å².